The van der Waals surface area contributed by atoms with Gasteiger partial charge in [-0.2, -0.15) is 5.10 Å². The number of carbonyl (C=O) groups is 1. The van der Waals surface area contributed by atoms with Crippen LogP contribution in [0.25, 0.3) is 15.9 Å². The van der Waals surface area contributed by atoms with Crippen LogP contribution in [0.15, 0.2) is 57.5 Å². The Hall–Kier alpha value is -2.85. The minimum Gasteiger partial charge on any atom is -0.497 e. The average molecular weight is 588 g/mol. The third kappa shape index (κ3) is 5.47. The van der Waals surface area contributed by atoms with Gasteiger partial charge in [0.25, 0.3) is 11.5 Å². The van der Waals surface area contributed by atoms with E-state index in [-0.39, 0.29) is 17.2 Å². The van der Waals surface area contributed by atoms with Gasteiger partial charge in [-0.1, -0.05) is 41.0 Å². The van der Waals surface area contributed by atoms with Crippen molar-refractivity contribution in [3.05, 3.63) is 78.9 Å². The lowest BCUT2D eigenvalue weighted by Crippen LogP contribution is -2.24. The number of aryl methyl sites for hydroxylation is 2. The Bertz CT molecular complexity index is 1610. The molecule has 196 valence electrons. The van der Waals surface area contributed by atoms with Crippen LogP contribution in [0.3, 0.4) is 0 Å². The quantitative estimate of drug-likeness (QED) is 0.119. The molecule has 2 aromatic heterocycles. The van der Waals surface area contributed by atoms with Gasteiger partial charge in [-0.25, -0.2) is 10.4 Å². The lowest BCUT2D eigenvalue weighted by atomic mass is 9.97. The molecule has 2 heterocycles. The SMILES string of the molecule is COc1ccc(-n2c(SCC(=O)NN=C(C)c3ccc(Cl)c(Cl)c3)nc3sc4c(c3c2=O)CCCC4)cc1. The predicted octanol–water partition coefficient (Wildman–Crippen LogP) is 6.27. The first-order valence-corrected chi connectivity index (χ1v) is 14.5. The molecule has 1 N–H and O–H groups in total. The third-order valence-electron chi connectivity index (χ3n) is 6.31. The second kappa shape index (κ2) is 11.5. The van der Waals surface area contributed by atoms with Crippen molar-refractivity contribution in [3.63, 3.8) is 0 Å². The van der Waals surface area contributed by atoms with Crippen molar-refractivity contribution < 1.29 is 9.53 Å². The van der Waals surface area contributed by atoms with Crippen molar-refractivity contribution >= 4 is 68.1 Å². The van der Waals surface area contributed by atoms with E-state index in [4.69, 9.17) is 32.9 Å². The molecule has 0 atom stereocenters. The van der Waals surface area contributed by atoms with Gasteiger partial charge < -0.3 is 4.74 Å². The number of nitrogens with one attached hydrogen (secondary N) is 1. The number of aromatic nitrogens is 2. The smallest absolute Gasteiger partial charge is 0.267 e. The maximum atomic E-state index is 13.8. The number of thiophene rings is 1. The molecule has 0 spiro atoms. The molecule has 2 aromatic carbocycles. The average Bonchev–Trinajstić information content (AvgIpc) is 3.31. The minimum absolute atomic E-state index is 0.0251. The van der Waals surface area contributed by atoms with Crippen molar-refractivity contribution in [2.45, 2.75) is 37.8 Å². The number of thioether (sulfide) groups is 1. The normalized spacial score (nSPS) is 13.4. The number of benzene rings is 2. The molecular weight excluding hydrogens is 563 g/mol. The molecule has 0 radical (unpaired) electrons. The summed E-state index contributed by atoms with van der Waals surface area (Å²) in [6.45, 7) is 1.77. The van der Waals surface area contributed by atoms with Crippen LogP contribution in [0, 0.1) is 0 Å². The van der Waals surface area contributed by atoms with Crippen molar-refractivity contribution in [3.8, 4) is 11.4 Å². The number of nitrogens with zero attached hydrogens (tertiary/aromatic N) is 3. The third-order valence-corrected chi connectivity index (χ3v) is 9.17. The summed E-state index contributed by atoms with van der Waals surface area (Å²) in [6.07, 6.45) is 4.05. The van der Waals surface area contributed by atoms with E-state index in [0.717, 1.165) is 41.6 Å². The highest BCUT2D eigenvalue weighted by Crippen LogP contribution is 2.35. The van der Waals surface area contributed by atoms with E-state index in [2.05, 4.69) is 10.5 Å². The Morgan fingerprint density at radius 2 is 1.92 bits per heavy atom. The standard InChI is InChI=1S/C27H24Cl2N4O3S2/c1-15(16-7-12-20(28)21(29)13-16)31-32-23(34)14-37-27-30-25-24(19-5-3-4-6-22(19)38-25)26(35)33(27)17-8-10-18(36-2)11-9-17/h7-13H,3-6,14H2,1-2H3,(H,32,34). The highest BCUT2D eigenvalue weighted by Gasteiger charge is 2.23. The van der Waals surface area contributed by atoms with Crippen LogP contribution in [0.4, 0.5) is 0 Å². The molecule has 0 saturated carbocycles. The molecule has 0 saturated heterocycles. The van der Waals surface area contributed by atoms with Crippen LogP contribution in [0.5, 0.6) is 5.75 Å². The predicted molar refractivity (Wildman–Crippen MR) is 156 cm³/mol. The first-order valence-electron chi connectivity index (χ1n) is 12.0. The van der Waals surface area contributed by atoms with Gasteiger partial charge in [-0.3, -0.25) is 14.2 Å². The van der Waals surface area contributed by atoms with Crippen LogP contribution in [0.1, 0.15) is 35.8 Å². The topological polar surface area (TPSA) is 85.6 Å². The Morgan fingerprint density at radius 1 is 1.16 bits per heavy atom. The van der Waals surface area contributed by atoms with E-state index >= 15 is 0 Å². The van der Waals surface area contributed by atoms with E-state index in [0.29, 0.717) is 37.7 Å². The summed E-state index contributed by atoms with van der Waals surface area (Å²) in [5.74, 6) is 0.389. The largest absolute Gasteiger partial charge is 0.497 e. The first-order chi connectivity index (χ1) is 18.4. The Balaban J connectivity index is 1.43. The Labute approximate surface area is 237 Å². The summed E-state index contributed by atoms with van der Waals surface area (Å²) >= 11 is 14.9. The molecule has 5 rings (SSSR count). The number of fused-ring (bicyclic) bond motifs is 3. The maximum Gasteiger partial charge on any atom is 0.267 e. The molecule has 0 aliphatic heterocycles. The molecular formula is C27H24Cl2N4O3S2. The molecule has 0 unspecified atom stereocenters. The van der Waals surface area contributed by atoms with Gasteiger partial charge in [0.05, 0.1) is 39.7 Å². The van der Waals surface area contributed by atoms with E-state index in [1.807, 2.05) is 12.1 Å². The number of carbonyl (C=O) groups excluding carboxylic acids is 1. The zero-order valence-electron chi connectivity index (χ0n) is 20.7. The second-order valence-electron chi connectivity index (χ2n) is 8.77. The summed E-state index contributed by atoms with van der Waals surface area (Å²) in [6, 6.07) is 12.4. The van der Waals surface area contributed by atoms with E-state index in [9.17, 15) is 9.59 Å². The van der Waals surface area contributed by atoms with Crippen LogP contribution >= 0.6 is 46.3 Å². The zero-order chi connectivity index (χ0) is 26.8. The molecule has 7 nitrogen and oxygen atoms in total. The van der Waals surface area contributed by atoms with Gasteiger partial charge in [0.2, 0.25) is 0 Å². The van der Waals surface area contributed by atoms with Gasteiger partial charge in [0.1, 0.15) is 10.6 Å². The van der Waals surface area contributed by atoms with Crippen LogP contribution in [0.2, 0.25) is 10.0 Å². The molecule has 4 aromatic rings. The minimum atomic E-state index is -0.324. The van der Waals surface area contributed by atoms with Crippen LogP contribution in [-0.4, -0.2) is 34.0 Å². The molecule has 1 amide bonds. The molecule has 0 bridgehead atoms. The van der Waals surface area contributed by atoms with Crippen LogP contribution in [-0.2, 0) is 17.6 Å². The van der Waals surface area contributed by atoms with Crippen molar-refractivity contribution in [2.75, 3.05) is 12.9 Å². The highest BCUT2D eigenvalue weighted by molar-refractivity contribution is 7.99. The monoisotopic (exact) mass is 586 g/mol. The van der Waals surface area contributed by atoms with E-state index < -0.39 is 0 Å². The Morgan fingerprint density at radius 3 is 2.66 bits per heavy atom. The number of hydrogen-bond acceptors (Lipinski definition) is 7. The molecule has 0 fully saturated rings. The number of halogens is 2. The van der Waals surface area contributed by atoms with Gasteiger partial charge in [-0.15, -0.1) is 11.3 Å². The number of ether oxygens (including phenoxy) is 1. The van der Waals surface area contributed by atoms with Gasteiger partial charge in [0.15, 0.2) is 5.16 Å². The summed E-state index contributed by atoms with van der Waals surface area (Å²) < 4.78 is 6.87. The fraction of sp³-hybridized carbons (Fsp3) is 0.259. The molecule has 38 heavy (non-hydrogen) atoms. The molecule has 11 heteroatoms. The van der Waals surface area contributed by atoms with Crippen molar-refractivity contribution in [2.24, 2.45) is 5.10 Å². The Kier molecular flexibility index (Phi) is 8.09. The highest BCUT2D eigenvalue weighted by atomic mass is 35.5. The summed E-state index contributed by atoms with van der Waals surface area (Å²) in [4.78, 5) is 33.4. The van der Waals surface area contributed by atoms with Crippen molar-refractivity contribution in [1.82, 2.24) is 15.0 Å². The zero-order valence-corrected chi connectivity index (χ0v) is 23.9. The summed E-state index contributed by atoms with van der Waals surface area (Å²) in [7, 11) is 1.60. The van der Waals surface area contributed by atoms with E-state index in [1.54, 1.807) is 60.3 Å². The molecule has 1 aliphatic carbocycles. The number of methoxy groups -OCH3 is 1. The maximum absolute atomic E-state index is 13.8. The number of rotatable bonds is 7. The lowest BCUT2D eigenvalue weighted by molar-refractivity contribution is -0.118. The number of amides is 1. The fourth-order valence-electron chi connectivity index (χ4n) is 4.34. The van der Waals surface area contributed by atoms with Gasteiger partial charge in [-0.05, 0) is 80.1 Å². The summed E-state index contributed by atoms with van der Waals surface area (Å²) in [5, 5.41) is 6.19. The second-order valence-corrected chi connectivity index (χ2v) is 11.6. The number of hydrazone groups is 1. The van der Waals surface area contributed by atoms with Gasteiger partial charge >= 0.3 is 0 Å². The molecule has 1 aliphatic rings. The van der Waals surface area contributed by atoms with E-state index in [1.165, 1.54) is 16.6 Å². The van der Waals surface area contributed by atoms with Crippen LogP contribution < -0.4 is 15.7 Å². The fourth-order valence-corrected chi connectivity index (χ4v) is 6.74. The summed E-state index contributed by atoms with van der Waals surface area (Å²) in [5.41, 5.74) is 5.58. The lowest BCUT2D eigenvalue weighted by Gasteiger charge is -2.14. The first kappa shape index (κ1) is 26.7. The number of hydrogen-bond donors (Lipinski definition) is 1. The van der Waals surface area contributed by atoms with Crippen molar-refractivity contribution in [1.29, 1.82) is 0 Å². The van der Waals surface area contributed by atoms with Gasteiger partial charge in [0, 0.05) is 4.88 Å².